The number of hydrogen-bond acceptors (Lipinski definition) is 6. The van der Waals surface area contributed by atoms with Gasteiger partial charge in [0.2, 0.25) is 0 Å². The molecule has 4 rings (SSSR count). The van der Waals surface area contributed by atoms with Gasteiger partial charge in [-0.2, -0.15) is 0 Å². The van der Waals surface area contributed by atoms with E-state index in [4.69, 9.17) is 0 Å². The quantitative estimate of drug-likeness (QED) is 0.678. The molecule has 0 spiro atoms. The van der Waals surface area contributed by atoms with Gasteiger partial charge in [-0.25, -0.2) is 4.68 Å². The van der Waals surface area contributed by atoms with E-state index in [0.717, 1.165) is 44.6 Å². The number of aromatic nitrogens is 4. The van der Waals surface area contributed by atoms with Crippen molar-refractivity contribution in [3.05, 3.63) is 5.82 Å². The third-order valence-electron chi connectivity index (χ3n) is 5.05. The third kappa shape index (κ3) is 3.12. The van der Waals surface area contributed by atoms with Crippen molar-refractivity contribution in [3.8, 4) is 0 Å². The van der Waals surface area contributed by atoms with Crippen LogP contribution in [0.3, 0.4) is 0 Å². The Balaban J connectivity index is 1.29. The molecule has 0 atom stereocenters. The molecular weight excluding hydrogens is 310 g/mol. The molecule has 0 N–H and O–H groups in total. The van der Waals surface area contributed by atoms with Crippen LogP contribution in [0.2, 0.25) is 0 Å². The number of amides is 2. The Bertz CT molecular complexity index is 613. The first kappa shape index (κ1) is 15.5. The van der Waals surface area contributed by atoms with Crippen LogP contribution in [-0.2, 0) is 16.1 Å². The Morgan fingerprint density at radius 2 is 1.54 bits per heavy atom. The third-order valence-corrected chi connectivity index (χ3v) is 5.05. The highest BCUT2D eigenvalue weighted by Crippen LogP contribution is 2.34. The lowest BCUT2D eigenvalue weighted by Crippen LogP contribution is -2.52. The minimum Gasteiger partial charge on any atom is -0.334 e. The monoisotopic (exact) mass is 333 g/mol. The van der Waals surface area contributed by atoms with Gasteiger partial charge in [0.05, 0.1) is 12.6 Å². The molecule has 2 amide bonds. The predicted octanol–water partition coefficient (Wildman–Crippen LogP) is -0.725. The summed E-state index contributed by atoms with van der Waals surface area (Å²) in [6.07, 6.45) is 4.31. The van der Waals surface area contributed by atoms with E-state index >= 15 is 0 Å². The van der Waals surface area contributed by atoms with E-state index < -0.39 is 0 Å². The van der Waals surface area contributed by atoms with Crippen LogP contribution in [0.4, 0.5) is 0 Å². The molecular formula is C15H23N7O2. The molecule has 1 aromatic heterocycles. The maximum atomic E-state index is 12.3. The normalized spacial score (nSPS) is 22.2. The minimum absolute atomic E-state index is 0.335. The zero-order chi connectivity index (χ0) is 16.5. The lowest BCUT2D eigenvalue weighted by Gasteiger charge is -2.34. The number of rotatable bonds is 3. The van der Waals surface area contributed by atoms with E-state index in [1.807, 2.05) is 4.68 Å². The van der Waals surface area contributed by atoms with Crippen molar-refractivity contribution in [2.24, 2.45) is 0 Å². The van der Waals surface area contributed by atoms with Crippen molar-refractivity contribution >= 4 is 11.8 Å². The summed E-state index contributed by atoms with van der Waals surface area (Å²) in [5, 5.41) is 12.0. The van der Waals surface area contributed by atoms with Gasteiger partial charge in [0.15, 0.2) is 5.82 Å². The van der Waals surface area contributed by atoms with E-state index in [1.54, 1.807) is 9.80 Å². The summed E-state index contributed by atoms with van der Waals surface area (Å²) in [4.78, 5) is 30.1. The van der Waals surface area contributed by atoms with Gasteiger partial charge in [0, 0.05) is 39.3 Å². The summed E-state index contributed by atoms with van der Waals surface area (Å²) < 4.78 is 1.93. The van der Waals surface area contributed by atoms with Crippen molar-refractivity contribution in [2.75, 3.05) is 39.3 Å². The number of carbonyl (C=O) groups excluding carboxylic acids is 2. The molecule has 9 nitrogen and oxygen atoms in total. The van der Waals surface area contributed by atoms with Gasteiger partial charge in [-0.05, 0) is 36.1 Å². The van der Waals surface area contributed by atoms with E-state index in [9.17, 15) is 9.59 Å². The molecule has 130 valence electrons. The van der Waals surface area contributed by atoms with Crippen LogP contribution in [0, 0.1) is 0 Å². The molecule has 1 saturated carbocycles. The van der Waals surface area contributed by atoms with Crippen molar-refractivity contribution in [2.45, 2.75) is 38.3 Å². The second-order valence-electron chi connectivity index (χ2n) is 6.84. The SMILES string of the molecule is O=C(C(=O)N1CCN(Cc2nnnn2C2CC2)CC1)N1CCCC1. The smallest absolute Gasteiger partial charge is 0.312 e. The van der Waals surface area contributed by atoms with Crippen LogP contribution in [0.15, 0.2) is 0 Å². The fourth-order valence-electron chi connectivity index (χ4n) is 3.42. The molecule has 2 aliphatic heterocycles. The van der Waals surface area contributed by atoms with Crippen molar-refractivity contribution in [1.82, 2.24) is 34.9 Å². The first-order valence-corrected chi connectivity index (χ1v) is 8.79. The summed E-state index contributed by atoms with van der Waals surface area (Å²) >= 11 is 0. The summed E-state index contributed by atoms with van der Waals surface area (Å²) in [5.41, 5.74) is 0. The molecule has 0 aromatic carbocycles. The van der Waals surface area contributed by atoms with Crippen molar-refractivity contribution in [1.29, 1.82) is 0 Å². The van der Waals surface area contributed by atoms with E-state index in [0.29, 0.717) is 38.8 Å². The molecule has 0 unspecified atom stereocenters. The zero-order valence-electron chi connectivity index (χ0n) is 13.8. The summed E-state index contributed by atoms with van der Waals surface area (Å²) in [7, 11) is 0. The Morgan fingerprint density at radius 3 is 2.17 bits per heavy atom. The highest BCUT2D eigenvalue weighted by atomic mass is 16.2. The predicted molar refractivity (Wildman–Crippen MR) is 83.8 cm³/mol. The number of likely N-dealkylation sites (tertiary alicyclic amines) is 1. The number of nitrogens with zero attached hydrogens (tertiary/aromatic N) is 7. The zero-order valence-corrected chi connectivity index (χ0v) is 13.8. The maximum Gasteiger partial charge on any atom is 0.312 e. The van der Waals surface area contributed by atoms with E-state index in [1.165, 1.54) is 0 Å². The van der Waals surface area contributed by atoms with Crippen LogP contribution < -0.4 is 0 Å². The van der Waals surface area contributed by atoms with Gasteiger partial charge in [-0.3, -0.25) is 14.5 Å². The highest BCUT2D eigenvalue weighted by Gasteiger charge is 2.32. The molecule has 3 fully saturated rings. The van der Waals surface area contributed by atoms with Crippen LogP contribution >= 0.6 is 0 Å². The van der Waals surface area contributed by atoms with Gasteiger partial charge < -0.3 is 9.80 Å². The highest BCUT2D eigenvalue weighted by molar-refractivity contribution is 6.34. The number of tetrazole rings is 1. The first-order chi connectivity index (χ1) is 11.7. The molecule has 0 bridgehead atoms. The van der Waals surface area contributed by atoms with Gasteiger partial charge in [0.25, 0.3) is 0 Å². The lowest BCUT2D eigenvalue weighted by molar-refractivity contribution is -0.152. The fourth-order valence-corrected chi connectivity index (χ4v) is 3.42. The molecule has 2 saturated heterocycles. The Labute approximate surface area is 140 Å². The standard InChI is InChI=1S/C15H23N7O2/c23-14(20-5-1-2-6-20)15(24)21-9-7-19(8-10-21)11-13-16-17-18-22(13)12-3-4-12/h12H,1-11H2. The Kier molecular flexibility index (Phi) is 4.17. The molecule has 9 heteroatoms. The van der Waals surface area contributed by atoms with Crippen molar-refractivity contribution < 1.29 is 9.59 Å². The largest absolute Gasteiger partial charge is 0.334 e. The van der Waals surface area contributed by atoms with Crippen molar-refractivity contribution in [3.63, 3.8) is 0 Å². The molecule has 24 heavy (non-hydrogen) atoms. The molecule has 0 radical (unpaired) electrons. The van der Waals surface area contributed by atoms with E-state index in [2.05, 4.69) is 20.4 Å². The van der Waals surface area contributed by atoms with Gasteiger partial charge in [-0.15, -0.1) is 5.10 Å². The number of piperazine rings is 1. The Morgan fingerprint density at radius 1 is 0.917 bits per heavy atom. The van der Waals surface area contributed by atoms with Crippen LogP contribution in [-0.4, -0.2) is 86.0 Å². The van der Waals surface area contributed by atoms with Gasteiger partial charge >= 0.3 is 11.8 Å². The lowest BCUT2D eigenvalue weighted by atomic mass is 10.3. The summed E-state index contributed by atoms with van der Waals surface area (Å²) in [6.45, 7) is 4.80. The summed E-state index contributed by atoms with van der Waals surface area (Å²) in [5.74, 6) is 0.211. The van der Waals surface area contributed by atoms with Gasteiger partial charge in [-0.1, -0.05) is 0 Å². The second kappa shape index (κ2) is 6.46. The van der Waals surface area contributed by atoms with Crippen LogP contribution in [0.25, 0.3) is 0 Å². The second-order valence-corrected chi connectivity index (χ2v) is 6.84. The Hall–Kier alpha value is -2.03. The number of hydrogen-bond donors (Lipinski definition) is 0. The minimum atomic E-state index is -0.348. The molecule has 1 aliphatic carbocycles. The molecule has 1 aromatic rings. The molecule has 3 heterocycles. The first-order valence-electron chi connectivity index (χ1n) is 8.79. The fraction of sp³-hybridized carbons (Fsp3) is 0.800. The topological polar surface area (TPSA) is 87.5 Å². The average molecular weight is 333 g/mol. The molecule has 3 aliphatic rings. The van der Waals surface area contributed by atoms with E-state index in [-0.39, 0.29) is 11.8 Å². The maximum absolute atomic E-state index is 12.3. The van der Waals surface area contributed by atoms with Crippen LogP contribution in [0.1, 0.15) is 37.5 Å². The number of carbonyl (C=O) groups is 2. The summed E-state index contributed by atoms with van der Waals surface area (Å²) in [6, 6.07) is 0.468. The van der Waals surface area contributed by atoms with Crippen LogP contribution in [0.5, 0.6) is 0 Å². The average Bonchev–Trinajstić information content (AvgIpc) is 3.11. The van der Waals surface area contributed by atoms with Gasteiger partial charge in [0.1, 0.15) is 0 Å².